The molecule has 0 saturated carbocycles. The van der Waals surface area contributed by atoms with Crippen LogP contribution in [0.5, 0.6) is 0 Å². The maximum atomic E-state index is 8.07. The van der Waals surface area contributed by atoms with Crippen molar-refractivity contribution in [3.8, 4) is 0 Å². The Bertz CT molecular complexity index is 16.0. The molecule has 0 aliphatic rings. The Morgan fingerprint density at radius 2 is 1.62 bits per heavy atom. The van der Waals surface area contributed by atoms with E-state index in [1.807, 2.05) is 0 Å². The van der Waals surface area contributed by atoms with Crippen LogP contribution in [0.1, 0.15) is 19.8 Å². The van der Waals surface area contributed by atoms with Crippen LogP contribution in [0.25, 0.3) is 0 Å². The van der Waals surface area contributed by atoms with Crippen LogP contribution in [0.2, 0.25) is 0 Å². The third kappa shape index (κ3) is 30.0. The number of unbranched alkanes of at least 4 members (excludes halogenated alkanes) is 1. The zero-order valence-corrected chi connectivity index (χ0v) is 7.63. The Morgan fingerprint density at radius 3 is 1.62 bits per heavy atom. The number of aliphatic hydroxyl groups is 1. The van der Waals surface area contributed by atoms with Crippen LogP contribution in [0.4, 0.5) is 0 Å². The second kappa shape index (κ2) is 25.3. The van der Waals surface area contributed by atoms with Gasteiger partial charge in [-0.25, -0.2) is 0 Å². The van der Waals surface area contributed by atoms with Crippen molar-refractivity contribution in [2.24, 2.45) is 0 Å². The van der Waals surface area contributed by atoms with Crippen molar-refractivity contribution in [2.75, 3.05) is 6.61 Å². The molecular weight excluding hydrogens is 136 g/mol. The van der Waals surface area contributed by atoms with Crippen LogP contribution in [0, 0.1) is 14.9 Å². The van der Waals surface area contributed by atoms with E-state index >= 15 is 0 Å². The largest absolute Gasteiger partial charge is 2.00 e. The maximum absolute atomic E-state index is 8.07. The summed E-state index contributed by atoms with van der Waals surface area (Å²) in [4.78, 5) is 0. The molecule has 2 heteroatoms. The molecule has 0 aromatic rings. The summed E-state index contributed by atoms with van der Waals surface area (Å²) >= 11 is 0. The Labute approximate surface area is 68.4 Å². The fraction of sp³-hybridized carbons (Fsp3) is 0.667. The minimum Gasteiger partial charge on any atom is -0.396 e. The predicted molar refractivity (Wildman–Crippen MR) is 34.8 cm³/mol. The van der Waals surface area contributed by atoms with Gasteiger partial charge in [-0.05, 0) is 6.42 Å². The van der Waals surface area contributed by atoms with Gasteiger partial charge in [-0.15, -0.1) is 0 Å². The van der Waals surface area contributed by atoms with E-state index in [0.29, 0.717) is 6.61 Å². The van der Waals surface area contributed by atoms with Gasteiger partial charge >= 0.3 is 21.7 Å². The summed E-state index contributed by atoms with van der Waals surface area (Å²) in [5.74, 6) is 0. The normalized spacial score (nSPS) is 5.25. The van der Waals surface area contributed by atoms with E-state index in [-0.39, 0.29) is 36.6 Å². The predicted octanol–water partition coefficient (Wildman–Crippen LogP) is 1.68. The first kappa shape index (κ1) is 23.4. The standard InChI is InChI=1S/C4H10O.2CH3.Ti/c1-2-3-4-5;;;/h5H,2-4H2,1H3;2*1H3;/q;2*-1;+2. The molecule has 0 fully saturated rings. The zero-order valence-electron chi connectivity index (χ0n) is 6.07. The zero-order chi connectivity index (χ0) is 4.12. The summed E-state index contributed by atoms with van der Waals surface area (Å²) in [7, 11) is 0. The van der Waals surface area contributed by atoms with Gasteiger partial charge in [0.15, 0.2) is 0 Å². The molecule has 0 radical (unpaired) electrons. The topological polar surface area (TPSA) is 20.2 Å². The van der Waals surface area contributed by atoms with E-state index in [2.05, 4.69) is 6.92 Å². The third-order valence-electron chi connectivity index (χ3n) is 0.512. The molecule has 1 nitrogen and oxygen atoms in total. The van der Waals surface area contributed by atoms with Crippen molar-refractivity contribution in [3.63, 3.8) is 0 Å². The van der Waals surface area contributed by atoms with Gasteiger partial charge < -0.3 is 20.0 Å². The fourth-order valence-corrected chi connectivity index (χ4v) is 0.158. The van der Waals surface area contributed by atoms with Crippen molar-refractivity contribution in [1.82, 2.24) is 0 Å². The third-order valence-corrected chi connectivity index (χ3v) is 0.512. The van der Waals surface area contributed by atoms with E-state index in [1.165, 1.54) is 0 Å². The molecular formula is C6H16OTi. The van der Waals surface area contributed by atoms with Crippen LogP contribution >= 0.6 is 0 Å². The summed E-state index contributed by atoms with van der Waals surface area (Å²) in [5, 5.41) is 8.07. The van der Waals surface area contributed by atoms with Crippen LogP contribution in [0.15, 0.2) is 0 Å². The average Bonchev–Trinajstić information content (AvgIpc) is 1.41. The van der Waals surface area contributed by atoms with E-state index in [9.17, 15) is 0 Å². The summed E-state index contributed by atoms with van der Waals surface area (Å²) < 4.78 is 0. The molecule has 0 atom stereocenters. The van der Waals surface area contributed by atoms with E-state index < -0.39 is 0 Å². The minimum atomic E-state index is 0. The summed E-state index contributed by atoms with van der Waals surface area (Å²) in [6.45, 7) is 2.40. The molecule has 0 heterocycles. The molecule has 1 N–H and O–H groups in total. The van der Waals surface area contributed by atoms with Gasteiger partial charge in [0.05, 0.1) is 0 Å². The number of hydrogen-bond acceptors (Lipinski definition) is 1. The molecule has 50 valence electrons. The molecule has 0 rings (SSSR count). The van der Waals surface area contributed by atoms with Gasteiger partial charge in [0.25, 0.3) is 0 Å². The van der Waals surface area contributed by atoms with E-state index in [4.69, 9.17) is 5.11 Å². The van der Waals surface area contributed by atoms with Gasteiger partial charge in [-0.1, -0.05) is 13.3 Å². The fourth-order valence-electron chi connectivity index (χ4n) is 0.158. The molecule has 0 aliphatic carbocycles. The van der Waals surface area contributed by atoms with Crippen molar-refractivity contribution in [1.29, 1.82) is 0 Å². The summed E-state index contributed by atoms with van der Waals surface area (Å²) in [6.07, 6.45) is 2.04. The smallest absolute Gasteiger partial charge is 0.396 e. The first-order chi connectivity index (χ1) is 2.41. The van der Waals surface area contributed by atoms with Crippen molar-refractivity contribution >= 4 is 0 Å². The van der Waals surface area contributed by atoms with Crippen molar-refractivity contribution in [3.05, 3.63) is 14.9 Å². The molecule has 0 bridgehead atoms. The second-order valence-electron chi connectivity index (χ2n) is 1.08. The SMILES string of the molecule is CCCCO.[CH3-].[CH3-].[Ti+2]. The quantitative estimate of drug-likeness (QED) is 0.471. The maximum Gasteiger partial charge on any atom is 2.00 e. The van der Waals surface area contributed by atoms with Gasteiger partial charge in [-0.3, -0.25) is 0 Å². The van der Waals surface area contributed by atoms with Crippen molar-refractivity contribution in [2.45, 2.75) is 19.8 Å². The molecule has 0 aliphatic heterocycles. The Hall–Kier alpha value is 0.674. The van der Waals surface area contributed by atoms with Crippen LogP contribution in [-0.4, -0.2) is 11.7 Å². The van der Waals surface area contributed by atoms with Gasteiger partial charge in [0, 0.05) is 6.61 Å². The molecule has 8 heavy (non-hydrogen) atoms. The van der Waals surface area contributed by atoms with Crippen LogP contribution < -0.4 is 0 Å². The van der Waals surface area contributed by atoms with Gasteiger partial charge in [0.2, 0.25) is 0 Å². The molecule has 0 saturated heterocycles. The average molecular weight is 152 g/mol. The summed E-state index contributed by atoms with van der Waals surface area (Å²) in [5.41, 5.74) is 0. The van der Waals surface area contributed by atoms with Crippen LogP contribution in [-0.2, 0) is 21.7 Å². The van der Waals surface area contributed by atoms with E-state index in [1.54, 1.807) is 0 Å². The minimum absolute atomic E-state index is 0. The number of rotatable bonds is 2. The first-order valence-electron chi connectivity index (χ1n) is 2.02. The molecule has 0 spiro atoms. The van der Waals surface area contributed by atoms with Crippen LogP contribution in [0.3, 0.4) is 0 Å². The Balaban J connectivity index is -0.0000000267. The second-order valence-corrected chi connectivity index (χ2v) is 1.08. The van der Waals surface area contributed by atoms with Gasteiger partial charge in [-0.2, -0.15) is 0 Å². The summed E-state index contributed by atoms with van der Waals surface area (Å²) in [6, 6.07) is 0. The molecule has 0 aromatic heterocycles. The van der Waals surface area contributed by atoms with Gasteiger partial charge in [0.1, 0.15) is 0 Å². The Morgan fingerprint density at radius 1 is 1.25 bits per heavy atom. The number of hydrogen-bond donors (Lipinski definition) is 1. The molecule has 0 amide bonds. The molecule has 0 aromatic carbocycles. The van der Waals surface area contributed by atoms with E-state index in [0.717, 1.165) is 12.8 Å². The monoisotopic (exact) mass is 152 g/mol. The number of aliphatic hydroxyl groups excluding tert-OH is 1. The van der Waals surface area contributed by atoms with Crippen molar-refractivity contribution < 1.29 is 26.8 Å². The first-order valence-corrected chi connectivity index (χ1v) is 2.02. The molecule has 0 unspecified atom stereocenters. The Kier molecular flexibility index (Phi) is 74.0.